The third-order valence-corrected chi connectivity index (χ3v) is 3.13. The van der Waals surface area contributed by atoms with Crippen molar-refractivity contribution in [1.82, 2.24) is 5.32 Å². The van der Waals surface area contributed by atoms with Gasteiger partial charge in [-0.2, -0.15) is 0 Å². The number of nitro groups is 1. The molecule has 7 heteroatoms. The van der Waals surface area contributed by atoms with E-state index in [9.17, 15) is 19.7 Å². The van der Waals surface area contributed by atoms with Crippen LogP contribution in [0.2, 0.25) is 0 Å². The minimum atomic E-state index is -0.613. The summed E-state index contributed by atoms with van der Waals surface area (Å²) in [6.45, 7) is 0.167. The zero-order chi connectivity index (χ0) is 18.1. The van der Waals surface area contributed by atoms with Crippen molar-refractivity contribution in [3.63, 3.8) is 0 Å². The van der Waals surface area contributed by atoms with Gasteiger partial charge in [0.2, 0.25) is 0 Å². The first-order valence-corrected chi connectivity index (χ1v) is 7.27. The lowest BCUT2D eigenvalue weighted by Crippen LogP contribution is -2.24. The molecule has 126 valence electrons. The molecule has 0 aromatic heterocycles. The summed E-state index contributed by atoms with van der Waals surface area (Å²) in [5.74, 6) is 5.35. The van der Waals surface area contributed by atoms with Crippen LogP contribution < -0.4 is 5.32 Å². The molecule has 2 rings (SSSR count). The van der Waals surface area contributed by atoms with Gasteiger partial charge in [0.25, 0.3) is 5.69 Å². The number of nitrogens with zero attached hydrogens (tertiary/aromatic N) is 1. The molecule has 7 nitrogen and oxygen atoms in total. The van der Waals surface area contributed by atoms with Crippen LogP contribution in [-0.4, -0.2) is 23.8 Å². The molecule has 0 aliphatic carbocycles. The van der Waals surface area contributed by atoms with Crippen molar-refractivity contribution in [2.24, 2.45) is 0 Å². The van der Waals surface area contributed by atoms with Crippen LogP contribution in [0.4, 0.5) is 10.5 Å². The summed E-state index contributed by atoms with van der Waals surface area (Å²) in [6, 6.07) is 13.0. The summed E-state index contributed by atoms with van der Waals surface area (Å²) >= 11 is 0. The molecule has 1 amide bonds. The van der Waals surface area contributed by atoms with Gasteiger partial charge >= 0.3 is 6.09 Å². The molecule has 0 heterocycles. The molecular weight excluding hydrogens is 324 g/mol. The number of nitrogens with one attached hydrogen (secondary N) is 1. The molecule has 0 saturated carbocycles. The zero-order valence-corrected chi connectivity index (χ0v) is 13.1. The Labute approximate surface area is 143 Å². The van der Waals surface area contributed by atoms with Crippen LogP contribution in [0.15, 0.2) is 48.5 Å². The number of benzene rings is 2. The Balaban J connectivity index is 1.87. The number of alkyl carbamates (subject to hydrolysis) is 1. The topological polar surface area (TPSA) is 98.5 Å². The third kappa shape index (κ3) is 5.48. The molecule has 0 aliphatic rings. The fourth-order valence-corrected chi connectivity index (χ4v) is 1.90. The number of ether oxygens (including phenoxy) is 1. The van der Waals surface area contributed by atoms with Gasteiger partial charge in [-0.1, -0.05) is 42.2 Å². The Hall–Kier alpha value is -3.66. The quantitative estimate of drug-likeness (QED) is 0.391. The number of hydrogen-bond acceptors (Lipinski definition) is 5. The summed E-state index contributed by atoms with van der Waals surface area (Å²) in [5.41, 5.74) is 1.15. The lowest BCUT2D eigenvalue weighted by molar-refractivity contribution is -0.384. The Kier molecular flexibility index (Phi) is 6.25. The van der Waals surface area contributed by atoms with Crippen molar-refractivity contribution < 1.29 is 19.2 Å². The van der Waals surface area contributed by atoms with Crippen LogP contribution in [0.1, 0.15) is 21.5 Å². The van der Waals surface area contributed by atoms with E-state index < -0.39 is 11.0 Å². The predicted molar refractivity (Wildman–Crippen MR) is 90.0 cm³/mol. The summed E-state index contributed by atoms with van der Waals surface area (Å²) in [7, 11) is 0. The van der Waals surface area contributed by atoms with Gasteiger partial charge in [-0.25, -0.2) is 4.79 Å². The summed E-state index contributed by atoms with van der Waals surface area (Å²) in [4.78, 5) is 32.6. The van der Waals surface area contributed by atoms with Gasteiger partial charge in [-0.15, -0.1) is 0 Å². The average molecular weight is 338 g/mol. The first-order valence-electron chi connectivity index (χ1n) is 7.27. The average Bonchev–Trinajstić information content (AvgIpc) is 2.64. The van der Waals surface area contributed by atoms with Crippen molar-refractivity contribution >= 4 is 18.1 Å². The van der Waals surface area contributed by atoms with E-state index in [0.717, 1.165) is 11.6 Å². The molecule has 0 atom stereocenters. The van der Waals surface area contributed by atoms with Crippen LogP contribution >= 0.6 is 0 Å². The molecular formula is C18H14N2O5. The van der Waals surface area contributed by atoms with Crippen molar-refractivity contribution in [2.75, 3.05) is 6.54 Å². The van der Waals surface area contributed by atoms with Gasteiger partial charge in [0.1, 0.15) is 6.61 Å². The van der Waals surface area contributed by atoms with E-state index in [1.807, 2.05) is 30.3 Å². The molecule has 25 heavy (non-hydrogen) atoms. The van der Waals surface area contributed by atoms with Crippen LogP contribution in [0.3, 0.4) is 0 Å². The zero-order valence-electron chi connectivity index (χ0n) is 13.1. The smallest absolute Gasteiger partial charge is 0.408 e. The second kappa shape index (κ2) is 8.84. The van der Waals surface area contributed by atoms with Crippen LogP contribution in [0.5, 0.6) is 0 Å². The first-order chi connectivity index (χ1) is 12.1. The molecule has 1 N–H and O–H groups in total. The van der Waals surface area contributed by atoms with Gasteiger partial charge in [-0.3, -0.25) is 14.9 Å². The van der Waals surface area contributed by atoms with Crippen LogP contribution in [-0.2, 0) is 11.3 Å². The maximum absolute atomic E-state index is 11.5. The second-order valence-electron chi connectivity index (χ2n) is 4.86. The number of carbonyl (C=O) groups is 2. The number of rotatable bonds is 5. The molecule has 0 radical (unpaired) electrons. The molecule has 0 aliphatic heterocycles. The highest BCUT2D eigenvalue weighted by atomic mass is 16.6. The standard InChI is InChI=1S/C18H14N2O5/c21-12-16-11-17(20(23)24)9-8-15(16)7-4-10-19-18(22)25-13-14-5-2-1-3-6-14/h1-3,5-6,8-9,11-12H,10,13H2,(H,19,22). The monoisotopic (exact) mass is 338 g/mol. The largest absolute Gasteiger partial charge is 0.445 e. The van der Waals surface area contributed by atoms with Gasteiger partial charge in [-0.05, 0) is 11.6 Å². The third-order valence-electron chi connectivity index (χ3n) is 3.13. The Morgan fingerprint density at radius 2 is 2.00 bits per heavy atom. The van der Waals surface area contributed by atoms with Crippen molar-refractivity contribution in [2.45, 2.75) is 6.61 Å². The molecule has 2 aromatic rings. The molecule has 0 fully saturated rings. The molecule has 0 bridgehead atoms. The lowest BCUT2D eigenvalue weighted by Gasteiger charge is -2.04. The molecule has 0 unspecified atom stereocenters. The van der Waals surface area contributed by atoms with E-state index >= 15 is 0 Å². The SMILES string of the molecule is O=Cc1cc([N+](=O)[O-])ccc1C#CCNC(=O)OCc1ccccc1. The summed E-state index contributed by atoms with van der Waals surface area (Å²) in [6.07, 6.45) is -0.115. The fraction of sp³-hybridized carbons (Fsp3) is 0.111. The molecule has 0 saturated heterocycles. The molecule has 2 aromatic carbocycles. The van der Waals surface area contributed by atoms with Gasteiger partial charge in [0.05, 0.1) is 11.5 Å². The van der Waals surface area contributed by atoms with Crippen LogP contribution in [0.25, 0.3) is 0 Å². The van der Waals surface area contributed by atoms with E-state index in [0.29, 0.717) is 11.8 Å². The number of carbonyl (C=O) groups excluding carboxylic acids is 2. The Morgan fingerprint density at radius 3 is 2.68 bits per heavy atom. The highest BCUT2D eigenvalue weighted by Crippen LogP contribution is 2.15. The van der Waals surface area contributed by atoms with Crippen LogP contribution in [0, 0.1) is 22.0 Å². The number of nitro benzene ring substituents is 1. The van der Waals surface area contributed by atoms with E-state index in [1.165, 1.54) is 12.1 Å². The van der Waals surface area contributed by atoms with Crippen molar-refractivity contribution in [3.05, 3.63) is 75.3 Å². The van der Waals surface area contributed by atoms with Gasteiger partial charge < -0.3 is 10.1 Å². The van der Waals surface area contributed by atoms with Crippen molar-refractivity contribution in [1.29, 1.82) is 0 Å². The number of aldehydes is 1. The highest BCUT2D eigenvalue weighted by Gasteiger charge is 2.08. The summed E-state index contributed by atoms with van der Waals surface area (Å²) < 4.78 is 5.02. The van der Waals surface area contributed by atoms with Gasteiger partial charge in [0.15, 0.2) is 6.29 Å². The minimum Gasteiger partial charge on any atom is -0.445 e. The van der Waals surface area contributed by atoms with E-state index in [2.05, 4.69) is 17.2 Å². The number of non-ortho nitro benzene ring substituents is 1. The van der Waals surface area contributed by atoms with E-state index in [-0.39, 0.29) is 24.4 Å². The Morgan fingerprint density at radius 1 is 1.24 bits per heavy atom. The molecule has 0 spiro atoms. The van der Waals surface area contributed by atoms with Crippen molar-refractivity contribution in [3.8, 4) is 11.8 Å². The first kappa shape index (κ1) is 17.7. The van der Waals surface area contributed by atoms with E-state index in [1.54, 1.807) is 0 Å². The predicted octanol–water partition coefficient (Wildman–Crippen LogP) is 2.69. The number of amides is 1. The fourth-order valence-electron chi connectivity index (χ4n) is 1.90. The highest BCUT2D eigenvalue weighted by molar-refractivity contribution is 5.80. The summed E-state index contributed by atoms with van der Waals surface area (Å²) in [5, 5.41) is 13.1. The minimum absolute atomic E-state index is 0.0168. The van der Waals surface area contributed by atoms with Gasteiger partial charge in [0, 0.05) is 23.3 Å². The Bertz CT molecular complexity index is 838. The number of hydrogen-bond donors (Lipinski definition) is 1. The second-order valence-corrected chi connectivity index (χ2v) is 4.86. The van der Waals surface area contributed by atoms with E-state index in [4.69, 9.17) is 4.74 Å². The maximum atomic E-state index is 11.5. The lowest BCUT2D eigenvalue weighted by atomic mass is 10.1. The maximum Gasteiger partial charge on any atom is 0.408 e. The normalized spacial score (nSPS) is 9.44.